The van der Waals surface area contributed by atoms with Gasteiger partial charge in [-0.3, -0.25) is 23.7 Å². The Balaban J connectivity index is 1.97. The Hall–Kier alpha value is -4.00. The maximum Gasteiger partial charge on any atom is 0.262 e. The minimum absolute atomic E-state index is 0.0461. The monoisotopic (exact) mass is 471 g/mol. The van der Waals surface area contributed by atoms with Crippen molar-refractivity contribution in [2.45, 2.75) is 46.6 Å². The van der Waals surface area contributed by atoms with Gasteiger partial charge < -0.3 is 10.2 Å². The molecule has 0 radical (unpaired) electrons. The molecule has 0 fully saturated rings. The van der Waals surface area contributed by atoms with E-state index in [2.05, 4.69) is 0 Å². The number of phenols is 2. The molecule has 0 spiro atoms. The molecule has 0 amide bonds. The highest BCUT2D eigenvalue weighted by molar-refractivity contribution is 6.15. The van der Waals surface area contributed by atoms with Crippen LogP contribution in [0.25, 0.3) is 43.1 Å². The van der Waals surface area contributed by atoms with Crippen LogP contribution in [0, 0.1) is 5.41 Å². The normalized spacial score (nSPS) is 12.9. The number of aromatic nitrogens is 1. The van der Waals surface area contributed by atoms with Gasteiger partial charge in [0.2, 0.25) is 0 Å². The molecule has 0 aliphatic rings. The number of nitrogens with zero attached hydrogens (tertiary/aromatic N) is 1. The van der Waals surface area contributed by atoms with Crippen LogP contribution in [0.1, 0.15) is 41.0 Å². The molecule has 0 saturated carbocycles. The average Bonchev–Trinajstić information content (AvgIpc) is 3.02. The van der Waals surface area contributed by atoms with Gasteiger partial charge in [0.1, 0.15) is 11.5 Å². The molecule has 1 aromatic heterocycles. The Bertz CT molecular complexity index is 1800. The van der Waals surface area contributed by atoms with E-state index in [1.165, 1.54) is 28.8 Å². The van der Waals surface area contributed by atoms with E-state index in [1.54, 1.807) is 12.1 Å². The van der Waals surface area contributed by atoms with Crippen molar-refractivity contribution in [2.24, 2.45) is 5.41 Å². The van der Waals surface area contributed by atoms with Gasteiger partial charge in [0.15, 0.2) is 10.9 Å². The number of rotatable bonds is 2. The number of benzene rings is 4. The molecule has 0 unspecified atom stereocenters. The zero-order valence-corrected chi connectivity index (χ0v) is 20.1. The Morgan fingerprint density at radius 1 is 0.657 bits per heavy atom. The van der Waals surface area contributed by atoms with Crippen LogP contribution in [0.2, 0.25) is 0 Å². The van der Waals surface area contributed by atoms with Crippen molar-refractivity contribution in [1.82, 2.24) is 4.57 Å². The molecule has 0 atom stereocenters. The van der Waals surface area contributed by atoms with Crippen molar-refractivity contribution < 1.29 is 10.2 Å². The summed E-state index contributed by atoms with van der Waals surface area (Å²) in [6.07, 6.45) is 0.544. The van der Waals surface area contributed by atoms with E-state index in [4.69, 9.17) is 0 Å². The van der Waals surface area contributed by atoms with Gasteiger partial charge >= 0.3 is 0 Å². The first kappa shape index (κ1) is 22.8. The van der Waals surface area contributed by atoms with Gasteiger partial charge in [-0.25, -0.2) is 0 Å². The molecule has 178 valence electrons. The van der Waals surface area contributed by atoms with Crippen LogP contribution in [-0.2, 0) is 5.54 Å². The zero-order valence-electron chi connectivity index (χ0n) is 20.1. The molecular weight excluding hydrogens is 446 g/mol. The maximum atomic E-state index is 13.5. The Morgan fingerprint density at radius 3 is 1.43 bits per heavy atom. The molecule has 2 N–H and O–H groups in total. The maximum absolute atomic E-state index is 13.5. The predicted molar refractivity (Wildman–Crippen MR) is 139 cm³/mol. The van der Waals surface area contributed by atoms with E-state index >= 15 is 0 Å². The van der Waals surface area contributed by atoms with Gasteiger partial charge in [-0.15, -0.1) is 0 Å². The summed E-state index contributed by atoms with van der Waals surface area (Å²) in [5.74, 6) is -0.818. The second kappa shape index (κ2) is 7.01. The third-order valence-electron chi connectivity index (χ3n) is 6.70. The van der Waals surface area contributed by atoms with E-state index in [0.29, 0.717) is 6.42 Å². The summed E-state index contributed by atoms with van der Waals surface area (Å²) in [7, 11) is 0. The lowest BCUT2D eigenvalue weighted by Crippen LogP contribution is -2.43. The molecule has 5 rings (SSSR count). The lowest BCUT2D eigenvalue weighted by molar-refractivity contribution is 0.208. The SMILES string of the molecule is CC(C)(C)CC(C)(C)n1c(=O)c2cc3c(=O)c4c(O)c5ccccc5c(O)c4c(=O)c3cc2c1=O. The molecule has 0 aliphatic carbocycles. The van der Waals surface area contributed by atoms with Gasteiger partial charge in [-0.05, 0) is 37.8 Å². The quantitative estimate of drug-likeness (QED) is 0.297. The molecule has 0 aliphatic heterocycles. The fourth-order valence-electron chi connectivity index (χ4n) is 5.70. The van der Waals surface area contributed by atoms with Crippen LogP contribution in [0.15, 0.2) is 55.6 Å². The van der Waals surface area contributed by atoms with Crippen LogP contribution in [0.3, 0.4) is 0 Å². The molecule has 0 bridgehead atoms. The molecule has 4 aromatic carbocycles. The predicted octanol–water partition coefficient (Wildman–Crippen LogP) is 4.00. The summed E-state index contributed by atoms with van der Waals surface area (Å²) < 4.78 is 1.19. The Kier molecular flexibility index (Phi) is 4.56. The summed E-state index contributed by atoms with van der Waals surface area (Å²) in [6, 6.07) is 8.90. The fraction of sp³-hybridized carbons (Fsp3) is 0.286. The second-order valence-electron chi connectivity index (χ2n) is 11.1. The van der Waals surface area contributed by atoms with Gasteiger partial charge in [0.25, 0.3) is 11.1 Å². The highest BCUT2D eigenvalue weighted by Gasteiger charge is 2.32. The first-order valence-corrected chi connectivity index (χ1v) is 11.4. The van der Waals surface area contributed by atoms with Crippen molar-refractivity contribution >= 4 is 43.1 Å². The first-order valence-electron chi connectivity index (χ1n) is 11.4. The largest absolute Gasteiger partial charge is 0.506 e. The summed E-state index contributed by atoms with van der Waals surface area (Å²) >= 11 is 0. The van der Waals surface area contributed by atoms with Crippen molar-refractivity contribution in [3.05, 3.63) is 77.6 Å². The van der Waals surface area contributed by atoms with E-state index in [9.17, 15) is 29.4 Å². The summed E-state index contributed by atoms with van der Waals surface area (Å²) in [5.41, 5.74) is -3.41. The molecular formula is C28H25NO6. The molecule has 0 saturated heterocycles. The van der Waals surface area contributed by atoms with Crippen LogP contribution < -0.4 is 22.0 Å². The van der Waals surface area contributed by atoms with E-state index in [0.717, 1.165) is 0 Å². The number of fused-ring (bicyclic) bond motifs is 4. The lowest BCUT2D eigenvalue weighted by Gasteiger charge is -2.32. The highest BCUT2D eigenvalue weighted by Crippen LogP contribution is 2.39. The summed E-state index contributed by atoms with van der Waals surface area (Å²) in [5, 5.41) is 21.5. The van der Waals surface area contributed by atoms with Crippen LogP contribution in [0.5, 0.6) is 11.5 Å². The minimum Gasteiger partial charge on any atom is -0.506 e. The van der Waals surface area contributed by atoms with Crippen LogP contribution in [-0.4, -0.2) is 14.8 Å². The average molecular weight is 472 g/mol. The molecule has 7 nitrogen and oxygen atoms in total. The van der Waals surface area contributed by atoms with Crippen LogP contribution in [0.4, 0.5) is 0 Å². The van der Waals surface area contributed by atoms with Crippen molar-refractivity contribution in [1.29, 1.82) is 0 Å². The van der Waals surface area contributed by atoms with Gasteiger partial charge in [-0.2, -0.15) is 0 Å². The van der Waals surface area contributed by atoms with Crippen molar-refractivity contribution in [3.8, 4) is 11.5 Å². The van der Waals surface area contributed by atoms with E-state index in [1.807, 2.05) is 34.6 Å². The Morgan fingerprint density at radius 2 is 1.06 bits per heavy atom. The third-order valence-corrected chi connectivity index (χ3v) is 6.70. The van der Waals surface area contributed by atoms with E-state index in [-0.39, 0.29) is 48.5 Å². The molecule has 5 aromatic rings. The van der Waals surface area contributed by atoms with Crippen molar-refractivity contribution in [2.75, 3.05) is 0 Å². The molecule has 7 heteroatoms. The zero-order chi connectivity index (χ0) is 25.6. The van der Waals surface area contributed by atoms with Gasteiger partial charge in [-0.1, -0.05) is 45.0 Å². The smallest absolute Gasteiger partial charge is 0.262 e. The first-order chi connectivity index (χ1) is 16.2. The van der Waals surface area contributed by atoms with Gasteiger partial charge in [0.05, 0.1) is 21.5 Å². The van der Waals surface area contributed by atoms with E-state index < -0.39 is 39.0 Å². The number of aromatic hydroxyl groups is 2. The standard InChI is InChI=1S/C28H25NO6/c1-27(2,3)12-28(4,5)29-25(34)17-10-15-16(11-18(17)26(29)35)24(33)20-19(23(15)32)21(30)13-8-6-7-9-14(13)22(20)31/h6-11,30-31H,12H2,1-5H3. The fourth-order valence-corrected chi connectivity index (χ4v) is 5.70. The second-order valence-corrected chi connectivity index (χ2v) is 11.1. The third kappa shape index (κ3) is 3.11. The topological polar surface area (TPSA) is 114 Å². The van der Waals surface area contributed by atoms with Crippen LogP contribution >= 0.6 is 0 Å². The number of phenolic OH excluding ortho intramolecular Hbond substituents is 2. The Labute approximate surface area is 199 Å². The summed E-state index contributed by atoms with van der Waals surface area (Å²) in [6.45, 7) is 9.68. The minimum atomic E-state index is -0.808. The van der Waals surface area contributed by atoms with Crippen molar-refractivity contribution in [3.63, 3.8) is 0 Å². The summed E-state index contributed by atoms with van der Waals surface area (Å²) in [4.78, 5) is 53.7. The molecule has 1 heterocycles. The highest BCUT2D eigenvalue weighted by atomic mass is 16.3. The lowest BCUT2D eigenvalue weighted by atomic mass is 9.81. The number of hydrogen-bond acceptors (Lipinski definition) is 6. The molecule has 35 heavy (non-hydrogen) atoms. The van der Waals surface area contributed by atoms with Gasteiger partial charge in [0, 0.05) is 27.1 Å². The number of hydrogen-bond donors (Lipinski definition) is 2.